The van der Waals surface area contributed by atoms with E-state index < -0.39 is 22.4 Å². The van der Waals surface area contributed by atoms with Crippen molar-refractivity contribution in [2.45, 2.75) is 91.6 Å². The van der Waals surface area contributed by atoms with Gasteiger partial charge in [-0.15, -0.1) is 0 Å². The minimum absolute atomic E-state index is 0.184. The molecule has 0 radical (unpaired) electrons. The number of carbonyl (C=O) groups is 3. The van der Waals surface area contributed by atoms with Gasteiger partial charge in [-0.1, -0.05) is 77.9 Å². The Morgan fingerprint density at radius 1 is 0.655 bits per heavy atom. The number of rotatable bonds is 10. The maximum Gasteiger partial charge on any atom is 0.340 e. The number of nitrogens with one attached hydrogen (secondary N) is 2. The van der Waals surface area contributed by atoms with Gasteiger partial charge in [0, 0.05) is 75.0 Å². The van der Waals surface area contributed by atoms with E-state index >= 15 is 0 Å². The molecule has 1 spiro atoms. The molecule has 0 saturated carbocycles. The first-order valence-corrected chi connectivity index (χ1v) is 19.8. The Labute approximate surface area is 342 Å². The van der Waals surface area contributed by atoms with Crippen LogP contribution in [0.5, 0.6) is 23.0 Å². The number of hydrogen-bond acceptors (Lipinski definition) is 7. The molecule has 302 valence electrons. The fourth-order valence-corrected chi connectivity index (χ4v) is 8.54. The second-order valence-electron chi connectivity index (χ2n) is 16.2. The summed E-state index contributed by atoms with van der Waals surface area (Å²) >= 11 is 0. The van der Waals surface area contributed by atoms with E-state index in [0.29, 0.717) is 45.1 Å². The van der Waals surface area contributed by atoms with Gasteiger partial charge in [0.15, 0.2) is 5.60 Å². The van der Waals surface area contributed by atoms with Gasteiger partial charge in [0.25, 0.3) is 0 Å². The molecule has 0 bridgehead atoms. The van der Waals surface area contributed by atoms with Crippen LogP contribution in [-0.2, 0) is 30.8 Å². The van der Waals surface area contributed by atoms with E-state index in [2.05, 4.69) is 16.7 Å². The van der Waals surface area contributed by atoms with Crippen LogP contribution in [0.4, 0.5) is 11.4 Å². The second-order valence-corrected chi connectivity index (χ2v) is 16.2. The zero-order valence-corrected chi connectivity index (χ0v) is 35.4. The molecule has 7 rings (SSSR count). The minimum atomic E-state index is -1.31. The first kappa shape index (κ1) is 41.5. The Kier molecular flexibility index (Phi) is 11.5. The fourth-order valence-electron chi connectivity index (χ4n) is 8.54. The van der Waals surface area contributed by atoms with E-state index in [1.165, 1.54) is 0 Å². The number of esters is 1. The Hall–Kier alpha value is -6.09. The van der Waals surface area contributed by atoms with E-state index in [1.807, 2.05) is 111 Å². The summed E-state index contributed by atoms with van der Waals surface area (Å²) in [6.07, 6.45) is 0.387. The first-order valence-electron chi connectivity index (χ1n) is 19.8. The van der Waals surface area contributed by atoms with Crippen molar-refractivity contribution in [1.82, 2.24) is 0 Å². The summed E-state index contributed by atoms with van der Waals surface area (Å²) in [5, 5.41) is 6.12. The number of fused-ring (bicyclic) bond motifs is 6. The molecule has 0 saturated heterocycles. The van der Waals surface area contributed by atoms with Gasteiger partial charge in [-0.25, -0.2) is 4.79 Å². The van der Waals surface area contributed by atoms with Crippen LogP contribution < -0.4 is 24.8 Å². The molecule has 9 nitrogen and oxygen atoms in total. The van der Waals surface area contributed by atoms with Crippen molar-refractivity contribution in [2.75, 3.05) is 24.9 Å². The molecule has 1 unspecified atom stereocenters. The highest BCUT2D eigenvalue weighted by atomic mass is 16.6. The lowest BCUT2D eigenvalue weighted by atomic mass is 9.77. The summed E-state index contributed by atoms with van der Waals surface area (Å²) in [4.78, 5) is 40.7. The fraction of sp³-hybridized carbons (Fsp3) is 0.327. The Morgan fingerprint density at radius 2 is 1.21 bits per heavy atom. The largest absolute Gasteiger partial charge is 0.496 e. The van der Waals surface area contributed by atoms with Crippen molar-refractivity contribution in [3.05, 3.63) is 141 Å². The Balaban J connectivity index is 0.00000279. The standard InChI is InChI=1S/C47H48N2O7.C2H6/c1-27-14-17-34(37(21-27)53-8)45(4,5)25-41(50)48-30-15-18-35-38(23-30)55-39-24-31(16-19-36(39)47(35)33-13-11-10-12-32(33)44(52)56-47)49-42(51)26-46(6,7)43-29(3)20-28(2)22-40(43)54-9;1-2/h10-24H,25-26H2,1-9H3,(H,48,50)(H,49,51);1-2H3. The Bertz CT molecular complexity index is 2410. The summed E-state index contributed by atoms with van der Waals surface area (Å²) in [7, 11) is 3.28. The third-order valence-corrected chi connectivity index (χ3v) is 10.9. The molecule has 0 aliphatic carbocycles. The monoisotopic (exact) mass is 782 g/mol. The maximum atomic E-state index is 13.7. The molecular weight excluding hydrogens is 729 g/mol. The van der Waals surface area contributed by atoms with Crippen molar-refractivity contribution in [3.8, 4) is 23.0 Å². The van der Waals surface area contributed by atoms with E-state index in [9.17, 15) is 14.4 Å². The van der Waals surface area contributed by atoms with Crippen LogP contribution in [0.3, 0.4) is 0 Å². The molecule has 58 heavy (non-hydrogen) atoms. The molecule has 5 aromatic rings. The zero-order valence-electron chi connectivity index (χ0n) is 35.4. The smallest absolute Gasteiger partial charge is 0.340 e. The lowest BCUT2D eigenvalue weighted by Crippen LogP contribution is -2.33. The Morgan fingerprint density at radius 3 is 1.79 bits per heavy atom. The number of ether oxygens (including phenoxy) is 4. The molecule has 0 fully saturated rings. The third-order valence-electron chi connectivity index (χ3n) is 10.9. The number of aryl methyl sites for hydroxylation is 3. The van der Waals surface area contributed by atoms with Crippen LogP contribution in [0, 0.1) is 20.8 Å². The van der Waals surface area contributed by atoms with E-state index in [4.69, 9.17) is 18.9 Å². The summed E-state index contributed by atoms with van der Waals surface area (Å²) in [5.74, 6) is 1.48. The van der Waals surface area contributed by atoms with Crippen LogP contribution >= 0.6 is 0 Å². The van der Waals surface area contributed by atoms with E-state index in [-0.39, 0.29) is 24.7 Å². The highest BCUT2D eigenvalue weighted by Crippen LogP contribution is 2.57. The summed E-state index contributed by atoms with van der Waals surface area (Å²) in [6.45, 7) is 18.2. The summed E-state index contributed by atoms with van der Waals surface area (Å²) in [6, 6.07) is 28.1. The predicted molar refractivity (Wildman–Crippen MR) is 229 cm³/mol. The maximum absolute atomic E-state index is 13.7. The SMILES string of the molecule is CC.COc1cc(C)ccc1C(C)(C)CC(=O)Nc1ccc2c(c1)Oc1cc(NC(=O)CC(C)(C)c3c(C)cc(C)cc3OC)ccc1C21OC(=O)c2ccccc21. The lowest BCUT2D eigenvalue weighted by molar-refractivity contribution is -0.118. The van der Waals surface area contributed by atoms with Gasteiger partial charge >= 0.3 is 5.97 Å². The average molecular weight is 783 g/mol. The number of benzene rings is 5. The topological polar surface area (TPSA) is 112 Å². The molecule has 2 heterocycles. The van der Waals surface area contributed by atoms with Gasteiger partial charge in [0.1, 0.15) is 23.0 Å². The molecule has 5 aromatic carbocycles. The minimum Gasteiger partial charge on any atom is -0.496 e. The molecule has 0 aromatic heterocycles. The van der Waals surface area contributed by atoms with Crippen molar-refractivity contribution in [1.29, 1.82) is 0 Å². The summed E-state index contributed by atoms with van der Waals surface area (Å²) in [5.41, 5.74) is 6.17. The van der Waals surface area contributed by atoms with E-state index in [1.54, 1.807) is 50.6 Å². The highest BCUT2D eigenvalue weighted by molar-refractivity contribution is 5.98. The molecule has 1 atom stereocenters. The number of carbonyl (C=O) groups excluding carboxylic acids is 3. The van der Waals surface area contributed by atoms with Crippen molar-refractivity contribution >= 4 is 29.2 Å². The number of amides is 2. The molecule has 2 amide bonds. The van der Waals surface area contributed by atoms with Crippen LogP contribution in [-0.4, -0.2) is 32.0 Å². The second kappa shape index (κ2) is 16.0. The van der Waals surface area contributed by atoms with Gasteiger partial charge < -0.3 is 29.6 Å². The highest BCUT2D eigenvalue weighted by Gasteiger charge is 2.53. The normalized spacial score (nSPS) is 15.1. The third kappa shape index (κ3) is 7.65. The lowest BCUT2D eigenvalue weighted by Gasteiger charge is -2.37. The van der Waals surface area contributed by atoms with Crippen LogP contribution in [0.1, 0.15) is 109 Å². The van der Waals surface area contributed by atoms with Crippen LogP contribution in [0.2, 0.25) is 0 Å². The number of methoxy groups -OCH3 is 2. The first-order chi connectivity index (χ1) is 27.6. The van der Waals surface area contributed by atoms with Gasteiger partial charge in [0.05, 0.1) is 19.8 Å². The average Bonchev–Trinajstić information content (AvgIpc) is 3.46. The zero-order chi connectivity index (χ0) is 42.2. The van der Waals surface area contributed by atoms with Gasteiger partial charge in [-0.05, 0) is 79.9 Å². The predicted octanol–water partition coefficient (Wildman–Crippen LogP) is 10.8. The van der Waals surface area contributed by atoms with Crippen molar-refractivity contribution < 1.29 is 33.3 Å². The van der Waals surface area contributed by atoms with E-state index in [0.717, 1.165) is 39.3 Å². The molecule has 2 aliphatic rings. The van der Waals surface area contributed by atoms with Crippen LogP contribution in [0.25, 0.3) is 0 Å². The summed E-state index contributed by atoms with van der Waals surface area (Å²) < 4.78 is 24.3. The number of hydrogen-bond donors (Lipinski definition) is 2. The van der Waals surface area contributed by atoms with Gasteiger partial charge in [-0.3, -0.25) is 9.59 Å². The van der Waals surface area contributed by atoms with Gasteiger partial charge in [-0.2, -0.15) is 0 Å². The van der Waals surface area contributed by atoms with Crippen molar-refractivity contribution in [2.24, 2.45) is 0 Å². The van der Waals surface area contributed by atoms with Gasteiger partial charge in [0.2, 0.25) is 11.8 Å². The van der Waals surface area contributed by atoms with Crippen LogP contribution in [0.15, 0.2) is 91.0 Å². The molecule has 2 N–H and O–H groups in total. The molecule has 9 heteroatoms. The number of anilines is 2. The molecular formula is C49H54N2O7. The quantitative estimate of drug-likeness (QED) is 0.136. The molecule has 2 aliphatic heterocycles. The van der Waals surface area contributed by atoms with Crippen molar-refractivity contribution in [3.63, 3.8) is 0 Å².